The zero-order chi connectivity index (χ0) is 30.6. The minimum absolute atomic E-state index is 0.00483. The number of fused-ring (bicyclic) bond motifs is 1. The van der Waals surface area contributed by atoms with Gasteiger partial charge in [0.1, 0.15) is 12.2 Å². The van der Waals surface area contributed by atoms with Gasteiger partial charge in [0.05, 0.1) is 34.8 Å². The van der Waals surface area contributed by atoms with E-state index in [9.17, 15) is 31.2 Å². The van der Waals surface area contributed by atoms with Gasteiger partial charge in [-0.05, 0) is 26.0 Å². The lowest BCUT2D eigenvalue weighted by molar-refractivity contribution is -0.136. The number of carbonyl (C=O) groups excluding carboxylic acids is 1. The number of ether oxygens (including phenoxy) is 1. The predicted octanol–water partition coefficient (Wildman–Crippen LogP) is 2.31. The Morgan fingerprint density at radius 2 is 1.95 bits per heavy atom. The second-order valence-corrected chi connectivity index (χ2v) is 13.6. The molecule has 42 heavy (non-hydrogen) atoms. The van der Waals surface area contributed by atoms with Gasteiger partial charge in [-0.25, -0.2) is 31.0 Å². The molecule has 1 atom stereocenters. The van der Waals surface area contributed by atoms with E-state index >= 15 is 0 Å². The van der Waals surface area contributed by atoms with Gasteiger partial charge in [-0.15, -0.1) is 10.2 Å². The number of piperazine rings is 1. The van der Waals surface area contributed by atoms with Gasteiger partial charge in [-0.1, -0.05) is 25.2 Å². The van der Waals surface area contributed by atoms with Crippen molar-refractivity contribution >= 4 is 44.0 Å². The fourth-order valence-corrected chi connectivity index (χ4v) is 7.42. The Kier molecular flexibility index (Phi) is 8.15. The monoisotopic (exact) mass is 631 g/mol. The summed E-state index contributed by atoms with van der Waals surface area (Å²) in [4.78, 5) is 29.9. The SMILES string of the molecule is CCn1c(=O)n(-c2nnc(C(F)F)s2)c2cc(S(=O)(=O)NC3(CF)COC3)cc(N3CCN(C(=O)C(C)C)[C@H](C)C3)c21. The van der Waals surface area contributed by atoms with Gasteiger partial charge in [0, 0.05) is 38.1 Å². The van der Waals surface area contributed by atoms with E-state index in [2.05, 4.69) is 14.9 Å². The summed E-state index contributed by atoms with van der Waals surface area (Å²) in [5.41, 5.74) is -1.14. The fraction of sp³-hybridized carbons (Fsp3) is 0.600. The van der Waals surface area contributed by atoms with E-state index in [1.54, 1.807) is 11.8 Å². The number of hydrogen-bond donors (Lipinski definition) is 1. The predicted molar refractivity (Wildman–Crippen MR) is 150 cm³/mol. The third-order valence-corrected chi connectivity index (χ3v) is 9.99. The molecule has 5 rings (SSSR count). The molecule has 1 aromatic carbocycles. The van der Waals surface area contributed by atoms with Crippen molar-refractivity contribution < 1.29 is 31.1 Å². The normalized spacial score (nSPS) is 19.2. The van der Waals surface area contributed by atoms with Gasteiger partial charge in [0.15, 0.2) is 5.01 Å². The highest BCUT2D eigenvalue weighted by Gasteiger charge is 2.43. The molecule has 2 saturated heterocycles. The van der Waals surface area contributed by atoms with Crippen LogP contribution in [0.1, 0.15) is 39.1 Å². The number of nitrogens with one attached hydrogen (secondary N) is 1. The largest absolute Gasteiger partial charge is 0.377 e. The van der Waals surface area contributed by atoms with E-state index < -0.39 is 39.4 Å². The van der Waals surface area contributed by atoms with Crippen molar-refractivity contribution in [1.29, 1.82) is 0 Å². The van der Waals surface area contributed by atoms with Crippen molar-refractivity contribution in [3.8, 4) is 5.13 Å². The van der Waals surface area contributed by atoms with Crippen LogP contribution in [0.15, 0.2) is 21.8 Å². The Balaban J connectivity index is 1.70. The molecule has 12 nitrogen and oxygen atoms in total. The van der Waals surface area contributed by atoms with E-state index in [1.807, 2.05) is 25.7 Å². The minimum atomic E-state index is -4.35. The maximum absolute atomic E-state index is 13.8. The third kappa shape index (κ3) is 5.20. The van der Waals surface area contributed by atoms with Crippen LogP contribution in [0.3, 0.4) is 0 Å². The number of amides is 1. The van der Waals surface area contributed by atoms with E-state index in [1.165, 1.54) is 16.7 Å². The Morgan fingerprint density at radius 3 is 2.48 bits per heavy atom. The molecule has 2 fully saturated rings. The molecule has 4 heterocycles. The van der Waals surface area contributed by atoms with Crippen LogP contribution in [-0.4, -0.2) is 89.7 Å². The van der Waals surface area contributed by atoms with Gasteiger partial charge in [-0.3, -0.25) is 9.36 Å². The van der Waals surface area contributed by atoms with Crippen LogP contribution in [0.5, 0.6) is 0 Å². The second kappa shape index (κ2) is 11.2. The number of imidazole rings is 1. The summed E-state index contributed by atoms with van der Waals surface area (Å²) in [7, 11) is -4.35. The summed E-state index contributed by atoms with van der Waals surface area (Å²) in [6, 6.07) is 2.44. The number of aromatic nitrogens is 4. The zero-order valence-electron chi connectivity index (χ0n) is 23.5. The van der Waals surface area contributed by atoms with Gasteiger partial charge in [-0.2, -0.15) is 4.72 Å². The number of sulfonamides is 1. The molecule has 2 aliphatic rings. The topological polar surface area (TPSA) is 132 Å². The Morgan fingerprint density at radius 1 is 1.24 bits per heavy atom. The Labute approximate surface area is 244 Å². The van der Waals surface area contributed by atoms with Crippen molar-refractivity contribution in [2.24, 2.45) is 5.92 Å². The number of benzene rings is 1. The highest BCUT2D eigenvalue weighted by molar-refractivity contribution is 7.89. The van der Waals surface area contributed by atoms with E-state index in [0.717, 1.165) is 4.57 Å². The van der Waals surface area contributed by atoms with Crippen LogP contribution in [0.25, 0.3) is 16.2 Å². The number of hydrogen-bond acceptors (Lipinski definition) is 9. The first-order chi connectivity index (χ1) is 19.8. The molecule has 0 saturated carbocycles. The van der Waals surface area contributed by atoms with Crippen LogP contribution < -0.4 is 15.3 Å². The lowest BCUT2D eigenvalue weighted by atomic mass is 10.0. The van der Waals surface area contributed by atoms with E-state index in [-0.39, 0.29) is 53.2 Å². The second-order valence-electron chi connectivity index (χ2n) is 10.9. The molecule has 0 unspecified atom stereocenters. The summed E-state index contributed by atoms with van der Waals surface area (Å²) >= 11 is 0.523. The zero-order valence-corrected chi connectivity index (χ0v) is 25.1. The third-order valence-electron chi connectivity index (χ3n) is 7.52. The number of alkyl halides is 3. The van der Waals surface area contributed by atoms with Crippen LogP contribution in [0.2, 0.25) is 0 Å². The van der Waals surface area contributed by atoms with Gasteiger partial charge < -0.3 is 14.5 Å². The number of nitrogens with zero attached hydrogens (tertiary/aromatic N) is 6. The molecule has 0 spiro atoms. The molecule has 230 valence electrons. The van der Waals surface area contributed by atoms with Crippen LogP contribution >= 0.6 is 11.3 Å². The first kappa shape index (κ1) is 30.4. The molecule has 17 heteroatoms. The highest BCUT2D eigenvalue weighted by atomic mass is 32.2. The van der Waals surface area contributed by atoms with Crippen molar-refractivity contribution in [2.45, 2.75) is 57.1 Å². The fourth-order valence-electron chi connectivity index (χ4n) is 5.32. The molecule has 0 aliphatic carbocycles. The lowest BCUT2D eigenvalue weighted by Gasteiger charge is -2.42. The average molecular weight is 632 g/mol. The van der Waals surface area contributed by atoms with Gasteiger partial charge in [0.25, 0.3) is 6.43 Å². The summed E-state index contributed by atoms with van der Waals surface area (Å²) in [5.74, 6) is -0.206. The van der Waals surface area contributed by atoms with Crippen LogP contribution in [0, 0.1) is 5.92 Å². The first-order valence-electron chi connectivity index (χ1n) is 13.5. The first-order valence-corrected chi connectivity index (χ1v) is 15.8. The lowest BCUT2D eigenvalue weighted by Crippen LogP contribution is -2.63. The standard InChI is InChI=1S/C25H32F3N7O5S2/c1-5-33-19-17(32-6-7-34(15(4)10-32)22(36)14(2)3)8-16(42(38,39)31-25(11-26)12-40-13-25)9-18(19)35(24(33)37)23-30-29-21(41-23)20(27)28/h8-9,14-15,20,31H,5-7,10-13H2,1-4H3/t15-/m1/s1. The smallest absolute Gasteiger partial charge is 0.335 e. The summed E-state index contributed by atoms with van der Waals surface area (Å²) in [6.07, 6.45) is -2.91. The molecule has 0 radical (unpaired) electrons. The van der Waals surface area contributed by atoms with Crippen LogP contribution in [0.4, 0.5) is 18.9 Å². The minimum Gasteiger partial charge on any atom is -0.377 e. The maximum atomic E-state index is 13.8. The van der Waals surface area contributed by atoms with Crippen LogP contribution in [-0.2, 0) is 26.1 Å². The Bertz CT molecular complexity index is 1660. The van der Waals surface area contributed by atoms with Crippen molar-refractivity contribution in [3.05, 3.63) is 27.6 Å². The van der Waals surface area contributed by atoms with Gasteiger partial charge in [0.2, 0.25) is 21.1 Å². The van der Waals surface area contributed by atoms with Crippen molar-refractivity contribution in [1.82, 2.24) is 29.0 Å². The highest BCUT2D eigenvalue weighted by Crippen LogP contribution is 2.35. The number of anilines is 1. The molecule has 0 bridgehead atoms. The molecular weight excluding hydrogens is 599 g/mol. The number of rotatable bonds is 9. The van der Waals surface area contributed by atoms with E-state index in [4.69, 9.17) is 4.74 Å². The number of aryl methyl sites for hydroxylation is 1. The average Bonchev–Trinajstić information content (AvgIpc) is 3.51. The quantitative estimate of drug-likeness (QED) is 0.381. The van der Waals surface area contributed by atoms with Gasteiger partial charge >= 0.3 is 5.69 Å². The molecular formula is C25H32F3N7O5S2. The number of carbonyl (C=O) groups is 1. The molecule has 2 aliphatic heterocycles. The molecule has 1 N–H and O–H groups in total. The summed E-state index contributed by atoms with van der Waals surface area (Å²) in [5, 5.41) is 6.57. The molecule has 3 aromatic rings. The molecule has 2 aromatic heterocycles. The molecule has 1 amide bonds. The maximum Gasteiger partial charge on any atom is 0.335 e. The van der Waals surface area contributed by atoms with Crippen molar-refractivity contribution in [2.75, 3.05) is 44.4 Å². The summed E-state index contributed by atoms with van der Waals surface area (Å²) < 4.78 is 77.8. The Hall–Kier alpha value is -3.02. The van der Waals surface area contributed by atoms with E-state index in [0.29, 0.717) is 42.2 Å². The van der Waals surface area contributed by atoms with Crippen molar-refractivity contribution in [3.63, 3.8) is 0 Å². The number of halogens is 3. The summed E-state index contributed by atoms with van der Waals surface area (Å²) in [6.45, 7) is 7.22.